The van der Waals surface area contributed by atoms with Crippen LogP contribution in [-0.4, -0.2) is 77.6 Å². The smallest absolute Gasteiger partial charge is 0.265 e. The fourth-order valence-corrected chi connectivity index (χ4v) is 7.24. The SMILES string of the molecule is CC1(C)C[C@@H]1C(=O)N1CC2(C[C@@H](COCc3cccc(C4CCOCC4)n3)CN(C(=O)c3cncs3)C2)C1. The molecule has 9 heteroatoms. The van der Waals surface area contributed by atoms with E-state index in [2.05, 4.69) is 31.0 Å². The molecule has 4 fully saturated rings. The first-order chi connectivity index (χ1) is 18.3. The molecule has 204 valence electrons. The highest BCUT2D eigenvalue weighted by Gasteiger charge is 2.57. The Kier molecular flexibility index (Phi) is 7.03. The molecule has 0 N–H and O–H groups in total. The summed E-state index contributed by atoms with van der Waals surface area (Å²) in [6, 6.07) is 6.21. The van der Waals surface area contributed by atoms with Crippen LogP contribution >= 0.6 is 11.3 Å². The lowest BCUT2D eigenvalue weighted by Crippen LogP contribution is -2.66. The van der Waals surface area contributed by atoms with E-state index in [1.165, 1.54) is 11.3 Å². The molecule has 6 rings (SSSR count). The standard InChI is InChI=1S/C29H38N4O4S/c1-28(2)11-23(28)26(34)33-17-29(18-33)10-20(13-32(16-29)27(35)25-12-30-19-38-25)14-37-15-22-4-3-5-24(31-22)21-6-8-36-9-7-21/h3-5,12,19-21,23H,6-11,13-18H2,1-2H3/t20-,23-/m1/s1. The maximum Gasteiger partial charge on any atom is 0.265 e. The van der Waals surface area contributed by atoms with Crippen LogP contribution in [0.4, 0.5) is 0 Å². The van der Waals surface area contributed by atoms with E-state index < -0.39 is 0 Å². The number of ether oxygens (including phenoxy) is 2. The number of thiazole rings is 1. The summed E-state index contributed by atoms with van der Waals surface area (Å²) in [7, 11) is 0. The average molecular weight is 539 g/mol. The van der Waals surface area contributed by atoms with Gasteiger partial charge in [-0.1, -0.05) is 19.9 Å². The molecule has 5 heterocycles. The monoisotopic (exact) mass is 538 g/mol. The molecule has 2 aromatic heterocycles. The topological polar surface area (TPSA) is 84.9 Å². The van der Waals surface area contributed by atoms with Gasteiger partial charge in [-0.2, -0.15) is 0 Å². The van der Waals surface area contributed by atoms with Gasteiger partial charge in [-0.15, -0.1) is 11.3 Å². The van der Waals surface area contributed by atoms with Crippen molar-refractivity contribution in [1.29, 1.82) is 0 Å². The number of piperidine rings is 1. The van der Waals surface area contributed by atoms with Crippen molar-refractivity contribution in [2.24, 2.45) is 22.7 Å². The summed E-state index contributed by atoms with van der Waals surface area (Å²) >= 11 is 1.38. The largest absolute Gasteiger partial charge is 0.381 e. The normalized spacial score (nSPS) is 26.3. The quantitative estimate of drug-likeness (QED) is 0.530. The highest BCUT2D eigenvalue weighted by molar-refractivity contribution is 7.11. The van der Waals surface area contributed by atoms with E-state index in [1.807, 2.05) is 15.9 Å². The minimum absolute atomic E-state index is 0.0375. The zero-order valence-electron chi connectivity index (χ0n) is 22.4. The van der Waals surface area contributed by atoms with Gasteiger partial charge in [0.25, 0.3) is 5.91 Å². The van der Waals surface area contributed by atoms with Gasteiger partial charge in [0.2, 0.25) is 5.91 Å². The van der Waals surface area contributed by atoms with E-state index in [1.54, 1.807) is 11.7 Å². The molecule has 2 atom stereocenters. The molecule has 0 radical (unpaired) electrons. The molecule has 38 heavy (non-hydrogen) atoms. The Morgan fingerprint density at radius 2 is 1.89 bits per heavy atom. The summed E-state index contributed by atoms with van der Waals surface area (Å²) in [4.78, 5) is 39.9. The Bertz CT molecular complexity index is 1160. The second kappa shape index (κ2) is 10.3. The van der Waals surface area contributed by atoms with Gasteiger partial charge in [0, 0.05) is 68.3 Å². The first-order valence-corrected chi connectivity index (χ1v) is 14.8. The van der Waals surface area contributed by atoms with Crippen LogP contribution in [0.1, 0.15) is 66.5 Å². The zero-order chi connectivity index (χ0) is 26.3. The van der Waals surface area contributed by atoms with Crippen LogP contribution in [0.25, 0.3) is 0 Å². The van der Waals surface area contributed by atoms with E-state index >= 15 is 0 Å². The van der Waals surface area contributed by atoms with Crippen LogP contribution in [0.3, 0.4) is 0 Å². The highest BCUT2D eigenvalue weighted by atomic mass is 32.1. The van der Waals surface area contributed by atoms with Crippen LogP contribution in [0, 0.1) is 22.7 Å². The number of likely N-dealkylation sites (tertiary alicyclic amines) is 2. The second-order valence-electron chi connectivity index (χ2n) is 12.5. The Morgan fingerprint density at radius 3 is 2.61 bits per heavy atom. The summed E-state index contributed by atoms with van der Waals surface area (Å²) < 4.78 is 11.7. The molecule has 1 spiro atoms. The van der Waals surface area contributed by atoms with Crippen molar-refractivity contribution in [3.05, 3.63) is 46.2 Å². The Hall–Kier alpha value is -2.36. The first-order valence-electron chi connectivity index (χ1n) is 13.9. The van der Waals surface area contributed by atoms with E-state index in [0.717, 1.165) is 63.4 Å². The van der Waals surface area contributed by atoms with Gasteiger partial charge in [0.15, 0.2) is 0 Å². The molecule has 0 aromatic carbocycles. The molecule has 3 saturated heterocycles. The molecule has 4 aliphatic rings. The Balaban J connectivity index is 1.09. The van der Waals surface area contributed by atoms with E-state index in [9.17, 15) is 9.59 Å². The van der Waals surface area contributed by atoms with Crippen molar-refractivity contribution in [2.45, 2.75) is 52.1 Å². The van der Waals surface area contributed by atoms with Gasteiger partial charge in [-0.25, -0.2) is 0 Å². The van der Waals surface area contributed by atoms with E-state index in [4.69, 9.17) is 14.5 Å². The van der Waals surface area contributed by atoms with Crippen molar-refractivity contribution in [3.63, 3.8) is 0 Å². The molecule has 0 unspecified atom stereocenters. The molecule has 2 amide bonds. The molecule has 1 saturated carbocycles. The number of carbonyl (C=O) groups excluding carboxylic acids is 2. The summed E-state index contributed by atoms with van der Waals surface area (Å²) in [5.41, 5.74) is 3.86. The van der Waals surface area contributed by atoms with Crippen LogP contribution in [-0.2, 0) is 20.9 Å². The Labute approximate surface area is 228 Å². The first kappa shape index (κ1) is 25.9. The molecule has 1 aliphatic carbocycles. The minimum Gasteiger partial charge on any atom is -0.381 e. The summed E-state index contributed by atoms with van der Waals surface area (Å²) in [5.74, 6) is 1.15. The number of amides is 2. The molecule has 3 aliphatic heterocycles. The lowest BCUT2D eigenvalue weighted by Gasteiger charge is -2.56. The van der Waals surface area contributed by atoms with E-state index in [-0.39, 0.29) is 34.5 Å². The van der Waals surface area contributed by atoms with Gasteiger partial charge in [0.05, 0.1) is 30.6 Å². The lowest BCUT2D eigenvalue weighted by atomic mass is 9.69. The zero-order valence-corrected chi connectivity index (χ0v) is 23.3. The number of nitrogens with zero attached hydrogens (tertiary/aromatic N) is 4. The van der Waals surface area contributed by atoms with Gasteiger partial charge in [0.1, 0.15) is 4.88 Å². The lowest BCUT2D eigenvalue weighted by molar-refractivity contribution is -0.151. The maximum atomic E-state index is 13.3. The number of rotatable bonds is 7. The fraction of sp³-hybridized carbons (Fsp3) is 0.655. The molecule has 8 nitrogen and oxygen atoms in total. The summed E-state index contributed by atoms with van der Waals surface area (Å²) in [6.45, 7) is 9.79. The minimum atomic E-state index is -0.0530. The van der Waals surface area contributed by atoms with Crippen molar-refractivity contribution in [1.82, 2.24) is 19.8 Å². The van der Waals surface area contributed by atoms with Crippen LogP contribution in [0.5, 0.6) is 0 Å². The van der Waals surface area contributed by atoms with Crippen LogP contribution in [0.2, 0.25) is 0 Å². The molecular formula is C29H38N4O4S. The summed E-state index contributed by atoms with van der Waals surface area (Å²) in [6.07, 6.45) is 5.63. The van der Waals surface area contributed by atoms with Gasteiger partial charge >= 0.3 is 0 Å². The number of hydrogen-bond acceptors (Lipinski definition) is 7. The summed E-state index contributed by atoms with van der Waals surface area (Å²) in [5, 5.41) is 0. The van der Waals surface area contributed by atoms with Crippen molar-refractivity contribution in [2.75, 3.05) is 46.0 Å². The highest BCUT2D eigenvalue weighted by Crippen LogP contribution is 2.54. The predicted molar refractivity (Wildman–Crippen MR) is 144 cm³/mol. The maximum absolute atomic E-state index is 13.3. The number of pyridine rings is 1. The predicted octanol–water partition coefficient (Wildman–Crippen LogP) is 3.99. The number of carbonyl (C=O) groups is 2. The molecule has 2 aromatic rings. The number of aromatic nitrogens is 2. The molecular weight excluding hydrogens is 500 g/mol. The fourth-order valence-electron chi connectivity index (χ4n) is 6.65. The molecule has 0 bridgehead atoms. The third-order valence-corrected chi connectivity index (χ3v) is 9.67. The van der Waals surface area contributed by atoms with Crippen LogP contribution in [0.15, 0.2) is 29.9 Å². The van der Waals surface area contributed by atoms with Gasteiger partial charge < -0.3 is 19.3 Å². The third-order valence-electron chi connectivity index (χ3n) is 8.90. The third kappa shape index (κ3) is 5.38. The van der Waals surface area contributed by atoms with E-state index in [0.29, 0.717) is 37.1 Å². The van der Waals surface area contributed by atoms with Crippen molar-refractivity contribution in [3.8, 4) is 0 Å². The van der Waals surface area contributed by atoms with Crippen LogP contribution < -0.4 is 0 Å². The Morgan fingerprint density at radius 1 is 1.13 bits per heavy atom. The van der Waals surface area contributed by atoms with Crippen molar-refractivity contribution >= 4 is 23.2 Å². The second-order valence-corrected chi connectivity index (χ2v) is 13.4. The number of hydrogen-bond donors (Lipinski definition) is 0. The van der Waals surface area contributed by atoms with Gasteiger partial charge in [-0.3, -0.25) is 19.6 Å². The van der Waals surface area contributed by atoms with Crippen molar-refractivity contribution < 1.29 is 19.1 Å². The average Bonchev–Trinajstić information content (AvgIpc) is 3.27. The van der Waals surface area contributed by atoms with Gasteiger partial charge in [-0.05, 0) is 43.2 Å².